The lowest BCUT2D eigenvalue weighted by molar-refractivity contribution is -0.120. The van der Waals surface area contributed by atoms with Crippen LogP contribution in [-0.4, -0.2) is 33.1 Å². The number of hydrogen-bond donors (Lipinski definition) is 2. The topological polar surface area (TPSA) is 88.9 Å². The fraction of sp³-hybridized carbons (Fsp3) is 0.263. The number of rotatable bonds is 6. The van der Waals surface area contributed by atoms with Gasteiger partial charge >= 0.3 is 0 Å². The maximum Gasteiger partial charge on any atom is 0.261 e. The summed E-state index contributed by atoms with van der Waals surface area (Å²) in [5.41, 5.74) is 2.82. The third-order valence-electron chi connectivity index (χ3n) is 3.90. The van der Waals surface area contributed by atoms with Crippen molar-refractivity contribution in [2.45, 2.75) is 27.3 Å². The SMILES string of the molecule is Cc1cc(C)n(-c2ccc(CNC(=O)CNC(=O)c3ccc(C)s3)cn2)n1. The molecule has 0 bridgehead atoms. The average molecular weight is 383 g/mol. The standard InChI is InChI=1S/C19H21N5O2S/c1-12-8-13(2)24(23-12)17-7-5-15(9-20-17)10-21-18(25)11-22-19(26)16-6-4-14(3)27-16/h4-9H,10-11H2,1-3H3,(H,21,25)(H,22,26). The summed E-state index contributed by atoms with van der Waals surface area (Å²) < 4.78 is 1.78. The van der Waals surface area contributed by atoms with E-state index in [-0.39, 0.29) is 18.4 Å². The normalized spacial score (nSPS) is 10.6. The molecule has 140 valence electrons. The highest BCUT2D eigenvalue weighted by atomic mass is 32.1. The van der Waals surface area contributed by atoms with Gasteiger partial charge in [0.1, 0.15) is 0 Å². The molecule has 0 aliphatic heterocycles. The summed E-state index contributed by atoms with van der Waals surface area (Å²) in [4.78, 5) is 29.9. The molecule has 2 N–H and O–H groups in total. The molecule has 3 aromatic rings. The number of aromatic nitrogens is 3. The molecular formula is C19H21N5O2S. The average Bonchev–Trinajstić information content (AvgIpc) is 3.23. The van der Waals surface area contributed by atoms with Crippen LogP contribution in [0.2, 0.25) is 0 Å². The Labute approximate surface area is 161 Å². The Balaban J connectivity index is 1.49. The van der Waals surface area contributed by atoms with E-state index in [2.05, 4.69) is 20.7 Å². The van der Waals surface area contributed by atoms with Gasteiger partial charge in [-0.3, -0.25) is 9.59 Å². The highest BCUT2D eigenvalue weighted by molar-refractivity contribution is 7.13. The molecule has 0 aromatic carbocycles. The monoisotopic (exact) mass is 383 g/mol. The van der Waals surface area contributed by atoms with Crippen molar-refractivity contribution >= 4 is 23.2 Å². The van der Waals surface area contributed by atoms with Crippen molar-refractivity contribution in [1.82, 2.24) is 25.4 Å². The Hall–Kier alpha value is -3.00. The summed E-state index contributed by atoms with van der Waals surface area (Å²) in [6.45, 7) is 6.12. The number of carbonyl (C=O) groups excluding carboxylic acids is 2. The summed E-state index contributed by atoms with van der Waals surface area (Å²) in [6, 6.07) is 9.38. The number of carbonyl (C=O) groups is 2. The lowest BCUT2D eigenvalue weighted by Crippen LogP contribution is -2.36. The molecule has 3 heterocycles. The van der Waals surface area contributed by atoms with Crippen LogP contribution in [0.5, 0.6) is 0 Å². The first-order valence-corrected chi connectivity index (χ1v) is 9.34. The summed E-state index contributed by atoms with van der Waals surface area (Å²) in [6.07, 6.45) is 1.71. The van der Waals surface area contributed by atoms with Crippen LogP contribution in [-0.2, 0) is 11.3 Å². The van der Waals surface area contributed by atoms with Crippen LogP contribution in [0.25, 0.3) is 5.82 Å². The molecule has 0 fully saturated rings. The first-order valence-electron chi connectivity index (χ1n) is 8.52. The van der Waals surface area contributed by atoms with Gasteiger partial charge < -0.3 is 10.6 Å². The molecular weight excluding hydrogens is 362 g/mol. The molecule has 2 amide bonds. The number of hydrogen-bond acceptors (Lipinski definition) is 5. The van der Waals surface area contributed by atoms with Gasteiger partial charge in [0.15, 0.2) is 5.82 Å². The maximum atomic E-state index is 11.9. The second kappa shape index (κ2) is 8.13. The van der Waals surface area contributed by atoms with Crippen LogP contribution in [0.1, 0.15) is 31.5 Å². The molecule has 0 unspecified atom stereocenters. The molecule has 0 radical (unpaired) electrons. The quantitative estimate of drug-likeness (QED) is 0.684. The first kappa shape index (κ1) is 18.8. The zero-order valence-electron chi connectivity index (χ0n) is 15.4. The summed E-state index contributed by atoms with van der Waals surface area (Å²) in [5, 5.41) is 9.79. The number of pyridine rings is 1. The fourth-order valence-electron chi connectivity index (χ4n) is 2.57. The summed E-state index contributed by atoms with van der Waals surface area (Å²) in [5.74, 6) is 0.243. The van der Waals surface area contributed by atoms with Gasteiger partial charge in [0.2, 0.25) is 5.91 Å². The van der Waals surface area contributed by atoms with Gasteiger partial charge in [-0.25, -0.2) is 9.67 Å². The van der Waals surface area contributed by atoms with Gasteiger partial charge in [0.05, 0.1) is 17.1 Å². The van der Waals surface area contributed by atoms with Gasteiger partial charge in [0.25, 0.3) is 5.91 Å². The second-order valence-corrected chi connectivity index (χ2v) is 7.52. The van der Waals surface area contributed by atoms with Crippen molar-refractivity contribution < 1.29 is 9.59 Å². The van der Waals surface area contributed by atoms with Gasteiger partial charge in [0, 0.05) is 23.3 Å². The smallest absolute Gasteiger partial charge is 0.261 e. The highest BCUT2D eigenvalue weighted by Crippen LogP contribution is 2.14. The lowest BCUT2D eigenvalue weighted by Gasteiger charge is -2.08. The van der Waals surface area contributed by atoms with E-state index in [9.17, 15) is 9.59 Å². The van der Waals surface area contributed by atoms with Crippen molar-refractivity contribution in [2.24, 2.45) is 0 Å². The van der Waals surface area contributed by atoms with Crippen molar-refractivity contribution in [3.05, 3.63) is 63.2 Å². The van der Waals surface area contributed by atoms with Gasteiger partial charge in [-0.15, -0.1) is 11.3 Å². The third-order valence-corrected chi connectivity index (χ3v) is 4.90. The number of aryl methyl sites for hydroxylation is 3. The largest absolute Gasteiger partial charge is 0.350 e. The summed E-state index contributed by atoms with van der Waals surface area (Å²) >= 11 is 1.40. The minimum absolute atomic E-state index is 0.0624. The van der Waals surface area contributed by atoms with E-state index in [1.165, 1.54) is 11.3 Å². The Morgan fingerprint density at radius 3 is 2.52 bits per heavy atom. The van der Waals surface area contributed by atoms with E-state index in [1.54, 1.807) is 16.9 Å². The third kappa shape index (κ3) is 4.79. The van der Waals surface area contributed by atoms with E-state index >= 15 is 0 Å². The van der Waals surface area contributed by atoms with E-state index in [0.717, 1.165) is 27.6 Å². The van der Waals surface area contributed by atoms with Crippen molar-refractivity contribution in [1.29, 1.82) is 0 Å². The zero-order chi connectivity index (χ0) is 19.4. The van der Waals surface area contributed by atoms with Gasteiger partial charge in [-0.05, 0) is 50.6 Å². The lowest BCUT2D eigenvalue weighted by atomic mass is 10.3. The zero-order valence-corrected chi connectivity index (χ0v) is 16.3. The van der Waals surface area contributed by atoms with Crippen LogP contribution in [0.4, 0.5) is 0 Å². The number of nitrogens with zero attached hydrogens (tertiary/aromatic N) is 3. The van der Waals surface area contributed by atoms with E-state index in [1.807, 2.05) is 45.0 Å². The number of nitrogens with one attached hydrogen (secondary N) is 2. The minimum atomic E-state index is -0.251. The molecule has 0 saturated heterocycles. The molecule has 0 aliphatic rings. The molecule has 3 rings (SSSR count). The molecule has 8 heteroatoms. The van der Waals surface area contributed by atoms with Crippen molar-refractivity contribution in [2.75, 3.05) is 6.54 Å². The van der Waals surface area contributed by atoms with Crippen LogP contribution in [0.3, 0.4) is 0 Å². The van der Waals surface area contributed by atoms with E-state index in [4.69, 9.17) is 0 Å². The van der Waals surface area contributed by atoms with Crippen LogP contribution >= 0.6 is 11.3 Å². The predicted octanol–water partition coefficient (Wildman–Crippen LogP) is 2.30. The van der Waals surface area contributed by atoms with Crippen molar-refractivity contribution in [3.8, 4) is 5.82 Å². The molecule has 0 atom stereocenters. The Kier molecular flexibility index (Phi) is 5.66. The van der Waals surface area contributed by atoms with Crippen molar-refractivity contribution in [3.63, 3.8) is 0 Å². The molecule has 27 heavy (non-hydrogen) atoms. The Morgan fingerprint density at radius 2 is 1.93 bits per heavy atom. The Bertz CT molecular complexity index is 959. The second-order valence-electron chi connectivity index (χ2n) is 6.23. The van der Waals surface area contributed by atoms with Crippen LogP contribution in [0, 0.1) is 20.8 Å². The van der Waals surface area contributed by atoms with E-state index < -0.39 is 0 Å². The van der Waals surface area contributed by atoms with E-state index in [0.29, 0.717) is 11.4 Å². The molecule has 0 saturated carbocycles. The number of amides is 2. The molecule has 0 spiro atoms. The number of thiophene rings is 1. The van der Waals surface area contributed by atoms with Gasteiger partial charge in [-0.2, -0.15) is 5.10 Å². The van der Waals surface area contributed by atoms with Crippen LogP contribution < -0.4 is 10.6 Å². The molecule has 3 aromatic heterocycles. The predicted molar refractivity (Wildman–Crippen MR) is 104 cm³/mol. The molecule has 0 aliphatic carbocycles. The molecule has 7 nitrogen and oxygen atoms in total. The maximum absolute atomic E-state index is 11.9. The minimum Gasteiger partial charge on any atom is -0.350 e. The Morgan fingerprint density at radius 1 is 1.11 bits per heavy atom. The van der Waals surface area contributed by atoms with Crippen LogP contribution in [0.15, 0.2) is 36.5 Å². The van der Waals surface area contributed by atoms with Gasteiger partial charge in [-0.1, -0.05) is 6.07 Å². The fourth-order valence-corrected chi connectivity index (χ4v) is 3.36. The highest BCUT2D eigenvalue weighted by Gasteiger charge is 2.10. The summed E-state index contributed by atoms with van der Waals surface area (Å²) in [7, 11) is 0. The first-order chi connectivity index (χ1) is 12.9.